The Kier molecular flexibility index (Phi) is 6.26. The van der Waals surface area contributed by atoms with Crippen molar-refractivity contribution < 1.29 is 14.6 Å². The standard InChI is InChI=1S/C21H24N4O3/c1-3-4-12-25-18-11-6-5-10-17(18)20(21(25)27)24-23-19(26)14-22-15-8-7-9-16(13-15)28-2/h5-11,13,22,27H,3-4,12,14H2,1-2H3. The zero-order chi connectivity index (χ0) is 19.9. The van der Waals surface area contributed by atoms with Crippen molar-refractivity contribution in [3.05, 3.63) is 48.5 Å². The maximum absolute atomic E-state index is 12.1. The molecule has 2 aromatic carbocycles. The number of unbranched alkanes of at least 4 members (excludes halogenated alkanes) is 1. The Morgan fingerprint density at radius 3 is 2.82 bits per heavy atom. The summed E-state index contributed by atoms with van der Waals surface area (Å²) in [5.74, 6) is 0.295. The average Bonchev–Trinajstić information content (AvgIpc) is 3.00. The largest absolute Gasteiger partial charge is 0.497 e. The van der Waals surface area contributed by atoms with Gasteiger partial charge in [-0.25, -0.2) is 0 Å². The van der Waals surface area contributed by atoms with Crippen LogP contribution in [0.2, 0.25) is 0 Å². The Labute approximate surface area is 163 Å². The van der Waals surface area contributed by atoms with Gasteiger partial charge in [0.15, 0.2) is 5.69 Å². The second-order valence-corrected chi connectivity index (χ2v) is 6.37. The molecule has 3 rings (SSSR count). The molecule has 0 aliphatic heterocycles. The smallest absolute Gasteiger partial charge is 0.283 e. The Balaban J connectivity index is 1.75. The number of nitrogens with zero attached hydrogens (tertiary/aromatic N) is 3. The number of methoxy groups -OCH3 is 1. The number of benzene rings is 2. The van der Waals surface area contributed by atoms with Crippen molar-refractivity contribution in [1.29, 1.82) is 0 Å². The van der Waals surface area contributed by atoms with Crippen molar-refractivity contribution in [3.63, 3.8) is 0 Å². The molecule has 0 aliphatic carbocycles. The van der Waals surface area contributed by atoms with Gasteiger partial charge in [0.05, 0.1) is 19.2 Å². The monoisotopic (exact) mass is 380 g/mol. The van der Waals surface area contributed by atoms with Crippen molar-refractivity contribution in [1.82, 2.24) is 4.57 Å². The minimum absolute atomic E-state index is 0.00803. The number of carbonyl (C=O) groups excluding carboxylic acids is 1. The van der Waals surface area contributed by atoms with Crippen LogP contribution in [0.5, 0.6) is 11.6 Å². The van der Waals surface area contributed by atoms with E-state index < -0.39 is 5.91 Å². The number of fused-ring (bicyclic) bond motifs is 1. The lowest BCUT2D eigenvalue weighted by Crippen LogP contribution is -2.10. The van der Waals surface area contributed by atoms with Crippen LogP contribution in [0, 0.1) is 0 Å². The van der Waals surface area contributed by atoms with Gasteiger partial charge in [0.1, 0.15) is 5.75 Å². The maximum Gasteiger partial charge on any atom is 0.283 e. The van der Waals surface area contributed by atoms with Crippen molar-refractivity contribution in [3.8, 4) is 11.6 Å². The number of aromatic hydroxyl groups is 1. The van der Waals surface area contributed by atoms with Crippen LogP contribution in [0.3, 0.4) is 0 Å². The number of ether oxygens (including phenoxy) is 1. The van der Waals surface area contributed by atoms with Crippen molar-refractivity contribution in [2.45, 2.75) is 26.3 Å². The molecule has 1 aromatic heterocycles. The van der Waals surface area contributed by atoms with Gasteiger partial charge in [0, 0.05) is 23.7 Å². The van der Waals surface area contributed by atoms with E-state index in [1.54, 1.807) is 13.2 Å². The number of carbonyl (C=O) groups is 1. The Hall–Kier alpha value is -3.35. The van der Waals surface area contributed by atoms with E-state index in [9.17, 15) is 9.90 Å². The molecular formula is C21H24N4O3. The molecule has 0 bridgehead atoms. The summed E-state index contributed by atoms with van der Waals surface area (Å²) in [6, 6.07) is 14.9. The van der Waals surface area contributed by atoms with Crippen LogP contribution in [-0.4, -0.2) is 29.2 Å². The summed E-state index contributed by atoms with van der Waals surface area (Å²) in [6.45, 7) is 2.77. The second kappa shape index (κ2) is 9.03. The first kappa shape index (κ1) is 19.4. The molecule has 28 heavy (non-hydrogen) atoms. The molecule has 1 amide bonds. The lowest BCUT2D eigenvalue weighted by atomic mass is 10.2. The molecule has 0 saturated carbocycles. The van der Waals surface area contributed by atoms with E-state index in [2.05, 4.69) is 22.5 Å². The summed E-state index contributed by atoms with van der Waals surface area (Å²) in [7, 11) is 1.59. The van der Waals surface area contributed by atoms with Gasteiger partial charge in [0.25, 0.3) is 5.91 Å². The maximum atomic E-state index is 12.1. The molecule has 2 N–H and O–H groups in total. The summed E-state index contributed by atoms with van der Waals surface area (Å²) >= 11 is 0. The van der Waals surface area contributed by atoms with Crippen molar-refractivity contribution in [2.75, 3.05) is 19.0 Å². The summed E-state index contributed by atoms with van der Waals surface area (Å²) in [4.78, 5) is 12.1. The molecule has 0 aliphatic rings. The summed E-state index contributed by atoms with van der Waals surface area (Å²) < 4.78 is 6.97. The predicted octanol–water partition coefficient (Wildman–Crippen LogP) is 4.88. The number of para-hydroxylation sites is 1. The first-order chi connectivity index (χ1) is 13.6. The van der Waals surface area contributed by atoms with Gasteiger partial charge in [-0.3, -0.25) is 4.79 Å². The lowest BCUT2D eigenvalue weighted by molar-refractivity contribution is -0.116. The van der Waals surface area contributed by atoms with E-state index in [-0.39, 0.29) is 12.4 Å². The second-order valence-electron chi connectivity index (χ2n) is 6.37. The van der Waals surface area contributed by atoms with Crippen LogP contribution in [0.1, 0.15) is 19.8 Å². The third-order valence-corrected chi connectivity index (χ3v) is 4.43. The Morgan fingerprint density at radius 1 is 1.21 bits per heavy atom. The predicted molar refractivity (Wildman–Crippen MR) is 110 cm³/mol. The first-order valence-corrected chi connectivity index (χ1v) is 9.26. The van der Waals surface area contributed by atoms with Gasteiger partial charge in [-0.05, 0) is 24.6 Å². The molecule has 0 unspecified atom stereocenters. The van der Waals surface area contributed by atoms with Crippen molar-refractivity contribution >= 4 is 28.2 Å². The molecule has 146 valence electrons. The van der Waals surface area contributed by atoms with E-state index in [0.29, 0.717) is 18.0 Å². The number of azo groups is 1. The van der Waals surface area contributed by atoms with Gasteiger partial charge in [-0.15, -0.1) is 10.2 Å². The fourth-order valence-corrected chi connectivity index (χ4v) is 2.96. The number of rotatable bonds is 8. The summed E-state index contributed by atoms with van der Waals surface area (Å²) in [5, 5.41) is 22.2. The zero-order valence-electron chi connectivity index (χ0n) is 16.1. The third kappa shape index (κ3) is 4.31. The van der Waals surface area contributed by atoms with E-state index in [1.165, 1.54) is 0 Å². The SMILES string of the molecule is CCCCn1c(O)c(N=NC(=O)CNc2cccc(OC)c2)c2ccccc21. The third-order valence-electron chi connectivity index (χ3n) is 4.43. The molecular weight excluding hydrogens is 356 g/mol. The van der Waals surface area contributed by atoms with E-state index >= 15 is 0 Å². The van der Waals surface area contributed by atoms with E-state index in [0.717, 1.165) is 29.4 Å². The first-order valence-electron chi connectivity index (χ1n) is 9.26. The zero-order valence-corrected chi connectivity index (χ0v) is 16.1. The fraction of sp³-hybridized carbons (Fsp3) is 0.286. The average molecular weight is 380 g/mol. The minimum Gasteiger partial charge on any atom is -0.497 e. The van der Waals surface area contributed by atoms with Crippen LogP contribution in [0.4, 0.5) is 11.4 Å². The molecule has 0 spiro atoms. The van der Waals surface area contributed by atoms with Gasteiger partial charge in [-0.1, -0.05) is 37.6 Å². The highest BCUT2D eigenvalue weighted by Crippen LogP contribution is 2.38. The Morgan fingerprint density at radius 2 is 2.04 bits per heavy atom. The van der Waals surface area contributed by atoms with Gasteiger partial charge >= 0.3 is 0 Å². The van der Waals surface area contributed by atoms with Crippen molar-refractivity contribution in [2.24, 2.45) is 10.2 Å². The number of hydrogen-bond donors (Lipinski definition) is 2. The molecule has 0 fully saturated rings. The number of nitrogens with one attached hydrogen (secondary N) is 1. The van der Waals surface area contributed by atoms with Gasteiger partial charge in [-0.2, -0.15) is 0 Å². The summed E-state index contributed by atoms with van der Waals surface area (Å²) in [5.41, 5.74) is 1.95. The number of aryl methyl sites for hydroxylation is 1. The van der Waals surface area contributed by atoms with Crippen LogP contribution < -0.4 is 10.1 Å². The fourth-order valence-electron chi connectivity index (χ4n) is 2.96. The van der Waals surface area contributed by atoms with E-state index in [4.69, 9.17) is 4.74 Å². The molecule has 1 heterocycles. The number of hydrogen-bond acceptors (Lipinski definition) is 5. The lowest BCUT2D eigenvalue weighted by Gasteiger charge is -2.05. The number of anilines is 1. The molecule has 7 heteroatoms. The van der Waals surface area contributed by atoms with E-state index in [1.807, 2.05) is 47.0 Å². The molecule has 7 nitrogen and oxygen atoms in total. The highest BCUT2D eigenvalue weighted by molar-refractivity contribution is 5.95. The Bertz CT molecular complexity index is 994. The molecule has 0 radical (unpaired) electrons. The number of amides is 1. The normalized spacial score (nSPS) is 11.2. The molecule has 0 saturated heterocycles. The summed E-state index contributed by atoms with van der Waals surface area (Å²) in [6.07, 6.45) is 1.95. The van der Waals surface area contributed by atoms with Gasteiger partial charge < -0.3 is 19.7 Å². The quantitative estimate of drug-likeness (QED) is 0.545. The van der Waals surface area contributed by atoms with Crippen LogP contribution >= 0.6 is 0 Å². The number of aromatic nitrogens is 1. The van der Waals surface area contributed by atoms with Gasteiger partial charge in [0.2, 0.25) is 5.88 Å². The van der Waals surface area contributed by atoms with Crippen LogP contribution in [0.15, 0.2) is 58.8 Å². The molecule has 0 atom stereocenters. The highest BCUT2D eigenvalue weighted by atomic mass is 16.5. The van der Waals surface area contributed by atoms with Crippen LogP contribution in [-0.2, 0) is 11.3 Å². The highest BCUT2D eigenvalue weighted by Gasteiger charge is 2.16. The topological polar surface area (TPSA) is 88.2 Å². The minimum atomic E-state index is -0.437. The molecule has 3 aromatic rings. The van der Waals surface area contributed by atoms with Crippen LogP contribution in [0.25, 0.3) is 10.9 Å².